The van der Waals surface area contributed by atoms with E-state index in [0.29, 0.717) is 22.1 Å². The third-order valence-electron chi connectivity index (χ3n) is 4.06. The fourth-order valence-corrected chi connectivity index (χ4v) is 2.99. The van der Waals surface area contributed by atoms with E-state index < -0.39 is 23.1 Å². The van der Waals surface area contributed by atoms with Gasteiger partial charge in [-0.2, -0.15) is 0 Å². The van der Waals surface area contributed by atoms with Crippen molar-refractivity contribution >= 4 is 45.0 Å². The Kier molecular flexibility index (Phi) is 4.12. The third-order valence-corrected chi connectivity index (χ3v) is 4.35. The van der Waals surface area contributed by atoms with E-state index in [-0.39, 0.29) is 17.0 Å². The molecule has 0 aliphatic heterocycles. The van der Waals surface area contributed by atoms with Gasteiger partial charge in [0.2, 0.25) is 5.91 Å². The Bertz CT molecular complexity index is 1270. The van der Waals surface area contributed by atoms with Crippen molar-refractivity contribution in [1.82, 2.24) is 14.8 Å². The van der Waals surface area contributed by atoms with Gasteiger partial charge in [0.15, 0.2) is 0 Å². The number of aromatic amines is 1. The zero-order valence-electron chi connectivity index (χ0n) is 13.6. The molecule has 0 saturated carbocycles. The molecule has 2 N–H and O–H groups in total. The number of nitrogens with one attached hydrogen (secondary N) is 2. The number of carbonyl (C=O) groups excluding carboxylic acids is 1. The molecule has 9 heteroatoms. The number of halogens is 3. The zero-order chi connectivity index (χ0) is 19.1. The molecule has 2 heterocycles. The normalized spacial score (nSPS) is 11.2. The number of hydrogen-bond donors (Lipinski definition) is 2. The number of rotatable bonds is 3. The first-order chi connectivity index (χ1) is 12.9. The summed E-state index contributed by atoms with van der Waals surface area (Å²) in [6.45, 7) is -0.320. The zero-order valence-corrected chi connectivity index (χ0v) is 14.3. The van der Waals surface area contributed by atoms with Crippen molar-refractivity contribution in [3.05, 3.63) is 69.6 Å². The second-order valence-electron chi connectivity index (χ2n) is 5.89. The second kappa shape index (κ2) is 6.48. The van der Waals surface area contributed by atoms with Gasteiger partial charge < -0.3 is 5.32 Å². The first-order valence-corrected chi connectivity index (χ1v) is 8.22. The Morgan fingerprint density at radius 3 is 2.78 bits per heavy atom. The monoisotopic (exact) mass is 388 g/mol. The SMILES string of the molecule is O=C(Cn1[nH]c2c(cnc3ccc(F)cc32)c1=O)Nc1ccc(F)c(Cl)c1. The molecule has 136 valence electrons. The number of fused-ring (bicyclic) bond motifs is 3. The molecule has 0 aliphatic rings. The van der Waals surface area contributed by atoms with Crippen LogP contribution in [0.15, 0.2) is 47.4 Å². The molecule has 0 bridgehead atoms. The van der Waals surface area contributed by atoms with Crippen molar-refractivity contribution in [2.45, 2.75) is 6.54 Å². The Hall–Kier alpha value is -3.26. The molecule has 0 aliphatic carbocycles. The van der Waals surface area contributed by atoms with Gasteiger partial charge in [-0.3, -0.25) is 19.7 Å². The maximum Gasteiger partial charge on any atom is 0.276 e. The van der Waals surface area contributed by atoms with Crippen LogP contribution in [0.25, 0.3) is 21.8 Å². The number of anilines is 1. The fourth-order valence-electron chi connectivity index (χ4n) is 2.81. The lowest BCUT2D eigenvalue weighted by Crippen LogP contribution is -2.26. The first-order valence-electron chi connectivity index (χ1n) is 7.84. The lowest BCUT2D eigenvalue weighted by molar-refractivity contribution is -0.116. The molecule has 2 aromatic carbocycles. The van der Waals surface area contributed by atoms with Gasteiger partial charge in [0.05, 0.1) is 21.4 Å². The van der Waals surface area contributed by atoms with Gasteiger partial charge in [0.25, 0.3) is 5.56 Å². The summed E-state index contributed by atoms with van der Waals surface area (Å²) in [6.07, 6.45) is 1.38. The number of pyridine rings is 1. The summed E-state index contributed by atoms with van der Waals surface area (Å²) in [5.41, 5.74) is 0.741. The highest BCUT2D eigenvalue weighted by Crippen LogP contribution is 2.21. The van der Waals surface area contributed by atoms with E-state index in [4.69, 9.17) is 11.6 Å². The van der Waals surface area contributed by atoms with Gasteiger partial charge >= 0.3 is 0 Å². The van der Waals surface area contributed by atoms with Crippen LogP contribution in [-0.2, 0) is 11.3 Å². The maximum absolute atomic E-state index is 13.6. The molecule has 2 aromatic heterocycles. The summed E-state index contributed by atoms with van der Waals surface area (Å²) < 4.78 is 27.8. The molecule has 4 rings (SSSR count). The van der Waals surface area contributed by atoms with E-state index in [1.807, 2.05) is 0 Å². The van der Waals surface area contributed by atoms with E-state index in [2.05, 4.69) is 15.4 Å². The minimum atomic E-state index is -0.604. The average Bonchev–Trinajstić information content (AvgIpc) is 2.94. The van der Waals surface area contributed by atoms with Crippen LogP contribution in [0.4, 0.5) is 14.5 Å². The molecule has 1 amide bonds. The Labute approximate surface area is 155 Å². The van der Waals surface area contributed by atoms with Crippen LogP contribution in [0.1, 0.15) is 0 Å². The predicted molar refractivity (Wildman–Crippen MR) is 97.9 cm³/mol. The Morgan fingerprint density at radius 1 is 1.19 bits per heavy atom. The minimum absolute atomic E-state index is 0.129. The molecule has 6 nitrogen and oxygen atoms in total. The number of carbonyl (C=O) groups is 1. The Morgan fingerprint density at radius 2 is 2.00 bits per heavy atom. The molecule has 0 unspecified atom stereocenters. The van der Waals surface area contributed by atoms with Gasteiger partial charge in [0.1, 0.15) is 18.2 Å². The summed E-state index contributed by atoms with van der Waals surface area (Å²) in [6, 6.07) is 7.80. The number of H-pyrrole nitrogens is 1. The molecular weight excluding hydrogens is 378 g/mol. The average molecular weight is 389 g/mol. The molecule has 0 radical (unpaired) electrons. The van der Waals surface area contributed by atoms with E-state index in [9.17, 15) is 18.4 Å². The highest BCUT2D eigenvalue weighted by Gasteiger charge is 2.14. The van der Waals surface area contributed by atoms with Gasteiger partial charge in [-0.1, -0.05) is 11.6 Å². The molecular formula is C18H11ClF2N4O2. The standard InChI is InChI=1S/C18H11ClF2N4O2/c19-13-6-10(2-3-14(13)21)23-16(26)8-25-18(27)12-7-22-15-4-1-9(20)5-11(15)17(12)24-25/h1-7,24H,8H2,(H,23,26). The van der Waals surface area contributed by atoms with Crippen molar-refractivity contribution in [1.29, 1.82) is 0 Å². The number of nitrogens with zero attached hydrogens (tertiary/aromatic N) is 2. The highest BCUT2D eigenvalue weighted by molar-refractivity contribution is 6.31. The van der Waals surface area contributed by atoms with Gasteiger partial charge in [-0.25, -0.2) is 13.5 Å². The molecule has 4 aromatic rings. The van der Waals surface area contributed by atoms with Crippen molar-refractivity contribution in [2.24, 2.45) is 0 Å². The second-order valence-corrected chi connectivity index (χ2v) is 6.30. The van der Waals surface area contributed by atoms with Crippen LogP contribution in [0.2, 0.25) is 5.02 Å². The number of hydrogen-bond acceptors (Lipinski definition) is 3. The van der Waals surface area contributed by atoms with Crippen molar-refractivity contribution in [2.75, 3.05) is 5.32 Å². The summed E-state index contributed by atoms with van der Waals surface area (Å²) in [4.78, 5) is 28.9. The lowest BCUT2D eigenvalue weighted by Gasteiger charge is -2.06. The highest BCUT2D eigenvalue weighted by atomic mass is 35.5. The van der Waals surface area contributed by atoms with Crippen molar-refractivity contribution in [3.63, 3.8) is 0 Å². The molecule has 0 fully saturated rings. The van der Waals surface area contributed by atoms with E-state index in [1.165, 1.54) is 36.5 Å². The number of benzene rings is 2. The third kappa shape index (κ3) is 3.15. The predicted octanol–water partition coefficient (Wildman–Crippen LogP) is 3.45. The number of aromatic nitrogens is 3. The maximum atomic E-state index is 13.6. The minimum Gasteiger partial charge on any atom is -0.324 e. The van der Waals surface area contributed by atoms with Crippen LogP contribution in [-0.4, -0.2) is 20.7 Å². The van der Waals surface area contributed by atoms with Crippen LogP contribution >= 0.6 is 11.6 Å². The van der Waals surface area contributed by atoms with Crippen molar-refractivity contribution < 1.29 is 13.6 Å². The van der Waals surface area contributed by atoms with E-state index >= 15 is 0 Å². The molecule has 0 spiro atoms. The summed E-state index contributed by atoms with van der Waals surface area (Å²) in [5, 5.41) is 5.90. The molecule has 0 atom stereocenters. The first kappa shape index (κ1) is 17.2. The van der Waals surface area contributed by atoms with E-state index in [1.54, 1.807) is 0 Å². The van der Waals surface area contributed by atoms with Crippen LogP contribution in [0.3, 0.4) is 0 Å². The summed E-state index contributed by atoms with van der Waals surface area (Å²) in [5.74, 6) is -1.58. The van der Waals surface area contributed by atoms with Crippen molar-refractivity contribution in [3.8, 4) is 0 Å². The fraction of sp³-hybridized carbons (Fsp3) is 0.0556. The lowest BCUT2D eigenvalue weighted by atomic mass is 10.2. The summed E-state index contributed by atoms with van der Waals surface area (Å²) >= 11 is 5.68. The molecule has 27 heavy (non-hydrogen) atoms. The number of amides is 1. The summed E-state index contributed by atoms with van der Waals surface area (Å²) in [7, 11) is 0. The largest absolute Gasteiger partial charge is 0.324 e. The smallest absolute Gasteiger partial charge is 0.276 e. The Balaban J connectivity index is 1.67. The van der Waals surface area contributed by atoms with Gasteiger partial charge in [0, 0.05) is 17.3 Å². The van der Waals surface area contributed by atoms with Crippen LogP contribution in [0.5, 0.6) is 0 Å². The topological polar surface area (TPSA) is 79.8 Å². The van der Waals surface area contributed by atoms with Crippen LogP contribution < -0.4 is 10.9 Å². The van der Waals surface area contributed by atoms with Crippen LogP contribution in [0, 0.1) is 11.6 Å². The molecule has 0 saturated heterocycles. The quantitative estimate of drug-likeness (QED) is 0.564. The van der Waals surface area contributed by atoms with Gasteiger partial charge in [-0.15, -0.1) is 0 Å². The van der Waals surface area contributed by atoms with Gasteiger partial charge in [-0.05, 0) is 36.4 Å². The van der Waals surface area contributed by atoms with E-state index in [0.717, 1.165) is 10.7 Å².